The van der Waals surface area contributed by atoms with E-state index in [9.17, 15) is 4.79 Å². The Kier molecular flexibility index (Phi) is 4.65. The number of aryl methyl sites for hydroxylation is 2. The van der Waals surface area contributed by atoms with Crippen molar-refractivity contribution in [2.24, 2.45) is 0 Å². The van der Waals surface area contributed by atoms with Gasteiger partial charge in [0.1, 0.15) is 0 Å². The summed E-state index contributed by atoms with van der Waals surface area (Å²) >= 11 is 0. The van der Waals surface area contributed by atoms with E-state index >= 15 is 0 Å². The molecule has 0 radical (unpaired) electrons. The Morgan fingerprint density at radius 2 is 2.09 bits per heavy atom. The van der Waals surface area contributed by atoms with Crippen LogP contribution >= 0.6 is 0 Å². The number of hydrogen-bond donors (Lipinski definition) is 1. The van der Waals surface area contributed by atoms with E-state index in [-0.39, 0.29) is 12.1 Å². The topological polar surface area (TPSA) is 58.4 Å². The maximum absolute atomic E-state index is 12.6. The molecule has 2 heterocycles. The van der Waals surface area contributed by atoms with Crippen LogP contribution in [0.1, 0.15) is 49.7 Å². The molecule has 1 aromatic carbocycles. The summed E-state index contributed by atoms with van der Waals surface area (Å²) in [5.41, 5.74) is 3.02. The van der Waals surface area contributed by atoms with E-state index in [0.29, 0.717) is 0 Å². The minimum absolute atomic E-state index is 0.0160. The molecular weight excluding hydrogens is 290 g/mol. The summed E-state index contributed by atoms with van der Waals surface area (Å²) in [6, 6.07) is 9.86. The summed E-state index contributed by atoms with van der Waals surface area (Å²) in [7, 11) is 0. The van der Waals surface area contributed by atoms with E-state index < -0.39 is 0 Å². The van der Waals surface area contributed by atoms with E-state index in [1.54, 1.807) is 0 Å². The van der Waals surface area contributed by atoms with Gasteiger partial charge in [0.15, 0.2) is 5.76 Å². The van der Waals surface area contributed by atoms with Crippen LogP contribution in [-0.2, 0) is 12.8 Å². The van der Waals surface area contributed by atoms with E-state index in [2.05, 4.69) is 17.4 Å². The highest BCUT2D eigenvalue weighted by Crippen LogP contribution is 2.32. The van der Waals surface area contributed by atoms with Crippen LogP contribution in [0, 0.1) is 0 Å². The van der Waals surface area contributed by atoms with Crippen LogP contribution in [0.5, 0.6) is 0 Å². The van der Waals surface area contributed by atoms with Crippen molar-refractivity contribution in [3.63, 3.8) is 0 Å². The number of carbonyl (C=O) groups is 1. The summed E-state index contributed by atoms with van der Waals surface area (Å²) in [4.78, 5) is 14.4. The predicted molar refractivity (Wildman–Crippen MR) is 89.4 cm³/mol. The number of hydrogen-bond acceptors (Lipinski definition) is 3. The van der Waals surface area contributed by atoms with Crippen LogP contribution < -0.4 is 5.32 Å². The molecule has 5 nitrogen and oxygen atoms in total. The highest BCUT2D eigenvalue weighted by molar-refractivity contribution is 5.89. The SMILES string of the molecule is CCc1ccc(NC(=O)N2CCC[C@@H]2c2cc(CC)no2)cc1. The number of benzene rings is 1. The summed E-state index contributed by atoms with van der Waals surface area (Å²) < 4.78 is 5.43. The standard InChI is InChI=1S/C18H23N3O2/c1-3-13-7-9-15(10-8-13)19-18(22)21-11-5-6-16(21)17-12-14(4-2)20-23-17/h7-10,12,16H,3-6,11H2,1-2H3,(H,19,22)/t16-/m1/s1. The number of carbonyl (C=O) groups excluding carboxylic acids is 1. The molecule has 0 unspecified atom stereocenters. The number of urea groups is 1. The zero-order valence-electron chi connectivity index (χ0n) is 13.7. The molecule has 0 bridgehead atoms. The summed E-state index contributed by atoms with van der Waals surface area (Å²) in [5.74, 6) is 0.788. The fourth-order valence-electron chi connectivity index (χ4n) is 2.98. The van der Waals surface area contributed by atoms with Gasteiger partial charge in [-0.15, -0.1) is 0 Å². The fourth-order valence-corrected chi connectivity index (χ4v) is 2.98. The Morgan fingerprint density at radius 1 is 1.30 bits per heavy atom. The monoisotopic (exact) mass is 313 g/mol. The van der Waals surface area contributed by atoms with E-state index in [0.717, 1.165) is 49.4 Å². The van der Waals surface area contributed by atoms with Crippen molar-refractivity contribution >= 4 is 11.7 Å². The van der Waals surface area contributed by atoms with Crippen molar-refractivity contribution in [2.45, 2.75) is 45.6 Å². The van der Waals surface area contributed by atoms with Gasteiger partial charge in [-0.25, -0.2) is 4.79 Å². The van der Waals surface area contributed by atoms with Gasteiger partial charge in [-0.1, -0.05) is 31.1 Å². The van der Waals surface area contributed by atoms with Crippen molar-refractivity contribution in [1.82, 2.24) is 10.1 Å². The highest BCUT2D eigenvalue weighted by Gasteiger charge is 2.32. The van der Waals surface area contributed by atoms with Gasteiger partial charge in [0, 0.05) is 18.3 Å². The van der Waals surface area contributed by atoms with Gasteiger partial charge in [-0.2, -0.15) is 0 Å². The molecule has 1 atom stereocenters. The zero-order valence-corrected chi connectivity index (χ0v) is 13.7. The number of nitrogens with zero attached hydrogens (tertiary/aromatic N) is 2. The lowest BCUT2D eigenvalue weighted by molar-refractivity contribution is 0.195. The lowest BCUT2D eigenvalue weighted by atomic mass is 10.1. The van der Waals surface area contributed by atoms with Gasteiger partial charge in [0.05, 0.1) is 11.7 Å². The minimum Gasteiger partial charge on any atom is -0.359 e. The zero-order chi connectivity index (χ0) is 16.2. The van der Waals surface area contributed by atoms with Gasteiger partial charge in [0.2, 0.25) is 0 Å². The molecule has 2 aromatic rings. The van der Waals surface area contributed by atoms with Crippen molar-refractivity contribution in [2.75, 3.05) is 11.9 Å². The second-order valence-corrected chi connectivity index (χ2v) is 5.91. The third-order valence-electron chi connectivity index (χ3n) is 4.39. The molecular formula is C18H23N3O2. The Morgan fingerprint density at radius 3 is 2.74 bits per heavy atom. The average Bonchev–Trinajstić information content (AvgIpc) is 3.24. The van der Waals surface area contributed by atoms with Crippen LogP contribution in [0.4, 0.5) is 10.5 Å². The molecule has 1 aliphatic heterocycles. The van der Waals surface area contributed by atoms with Gasteiger partial charge in [0.25, 0.3) is 0 Å². The third-order valence-corrected chi connectivity index (χ3v) is 4.39. The first-order valence-corrected chi connectivity index (χ1v) is 8.33. The molecule has 0 spiro atoms. The van der Waals surface area contributed by atoms with E-state index in [4.69, 9.17) is 4.52 Å². The number of rotatable bonds is 4. The molecule has 1 aliphatic rings. The normalized spacial score (nSPS) is 17.5. The lowest BCUT2D eigenvalue weighted by Crippen LogP contribution is -2.34. The first-order chi connectivity index (χ1) is 11.2. The molecule has 1 aromatic heterocycles. The quantitative estimate of drug-likeness (QED) is 0.921. The number of aromatic nitrogens is 1. The molecule has 5 heteroatoms. The van der Waals surface area contributed by atoms with Crippen LogP contribution in [-0.4, -0.2) is 22.6 Å². The Bertz CT molecular complexity index is 663. The maximum atomic E-state index is 12.6. The van der Waals surface area contributed by atoms with Crippen LogP contribution in [0.25, 0.3) is 0 Å². The first-order valence-electron chi connectivity index (χ1n) is 8.33. The molecule has 1 fully saturated rings. The Balaban J connectivity index is 1.69. The third kappa shape index (κ3) is 3.38. The average molecular weight is 313 g/mol. The first kappa shape index (κ1) is 15.6. The Hall–Kier alpha value is -2.30. The predicted octanol–water partition coefficient (Wildman–Crippen LogP) is 4.17. The summed E-state index contributed by atoms with van der Waals surface area (Å²) in [5, 5.41) is 7.02. The molecule has 0 saturated carbocycles. The smallest absolute Gasteiger partial charge is 0.322 e. The minimum atomic E-state index is -0.0776. The second-order valence-electron chi connectivity index (χ2n) is 5.91. The maximum Gasteiger partial charge on any atom is 0.322 e. The number of anilines is 1. The van der Waals surface area contributed by atoms with Gasteiger partial charge >= 0.3 is 6.03 Å². The fraction of sp³-hybridized carbons (Fsp3) is 0.444. The summed E-state index contributed by atoms with van der Waals surface area (Å²) in [6.07, 6.45) is 3.73. The van der Waals surface area contributed by atoms with Gasteiger partial charge < -0.3 is 14.7 Å². The molecule has 1 saturated heterocycles. The second kappa shape index (κ2) is 6.86. The molecule has 3 rings (SSSR count). The number of likely N-dealkylation sites (tertiary alicyclic amines) is 1. The van der Waals surface area contributed by atoms with Crippen molar-refractivity contribution in [1.29, 1.82) is 0 Å². The van der Waals surface area contributed by atoms with E-state index in [1.807, 2.05) is 42.2 Å². The molecule has 122 valence electrons. The van der Waals surface area contributed by atoms with E-state index in [1.165, 1.54) is 5.56 Å². The number of amides is 2. The molecule has 1 N–H and O–H groups in total. The molecule has 2 amide bonds. The largest absolute Gasteiger partial charge is 0.359 e. The number of nitrogens with one attached hydrogen (secondary N) is 1. The van der Waals surface area contributed by atoms with Gasteiger partial charge in [-0.05, 0) is 43.4 Å². The lowest BCUT2D eigenvalue weighted by Gasteiger charge is -2.23. The Labute approximate surface area is 136 Å². The van der Waals surface area contributed by atoms with Crippen LogP contribution in [0.15, 0.2) is 34.9 Å². The molecule has 23 heavy (non-hydrogen) atoms. The highest BCUT2D eigenvalue weighted by atomic mass is 16.5. The van der Waals surface area contributed by atoms with Crippen molar-refractivity contribution in [3.05, 3.63) is 47.3 Å². The van der Waals surface area contributed by atoms with Gasteiger partial charge in [-0.3, -0.25) is 0 Å². The van der Waals surface area contributed by atoms with Crippen molar-refractivity contribution < 1.29 is 9.32 Å². The summed E-state index contributed by atoms with van der Waals surface area (Å²) in [6.45, 7) is 4.90. The molecule has 0 aliphatic carbocycles. The van der Waals surface area contributed by atoms with Crippen molar-refractivity contribution in [3.8, 4) is 0 Å². The van der Waals surface area contributed by atoms with Crippen LogP contribution in [0.2, 0.25) is 0 Å². The van der Waals surface area contributed by atoms with Crippen LogP contribution in [0.3, 0.4) is 0 Å².